The number of rotatable bonds is 8. The molecule has 7 atom stereocenters. The zero-order chi connectivity index (χ0) is 17.3. The van der Waals surface area contributed by atoms with E-state index >= 15 is 0 Å². The minimum atomic E-state index is -0.347. The first-order valence-corrected chi connectivity index (χ1v) is 9.96. The molecule has 5 aliphatic rings. The van der Waals surface area contributed by atoms with Crippen molar-refractivity contribution in [2.75, 3.05) is 26.4 Å². The van der Waals surface area contributed by atoms with Gasteiger partial charge in [-0.05, 0) is 51.4 Å². The lowest BCUT2D eigenvalue weighted by Gasteiger charge is -2.63. The normalized spacial score (nSPS) is 56.5. The molecule has 25 heavy (non-hydrogen) atoms. The van der Waals surface area contributed by atoms with Gasteiger partial charge in [0.1, 0.15) is 0 Å². The van der Waals surface area contributed by atoms with Gasteiger partial charge in [-0.15, -0.1) is 0 Å². The molecule has 5 rings (SSSR count). The molecule has 5 fully saturated rings. The summed E-state index contributed by atoms with van der Waals surface area (Å²) < 4.78 is 22.5. The predicted octanol–water partition coefficient (Wildman–Crippen LogP) is 0.953. The Morgan fingerprint density at radius 2 is 1.28 bits per heavy atom. The van der Waals surface area contributed by atoms with Crippen LogP contribution in [0.25, 0.3) is 0 Å². The van der Waals surface area contributed by atoms with Crippen molar-refractivity contribution in [3.8, 4) is 0 Å². The van der Waals surface area contributed by atoms with Gasteiger partial charge in [0.05, 0.1) is 50.8 Å². The van der Waals surface area contributed by atoms with Crippen LogP contribution >= 0.6 is 0 Å². The van der Waals surface area contributed by atoms with Crippen LogP contribution in [0.3, 0.4) is 0 Å². The van der Waals surface area contributed by atoms with Crippen LogP contribution in [0.4, 0.5) is 0 Å². The molecule has 0 bridgehead atoms. The van der Waals surface area contributed by atoms with Crippen molar-refractivity contribution < 1.29 is 18.9 Å². The molecular weight excluding hydrogens is 320 g/mol. The van der Waals surface area contributed by atoms with Crippen molar-refractivity contribution in [2.45, 2.75) is 80.9 Å². The number of hydrogen-bond donors (Lipinski definition) is 2. The van der Waals surface area contributed by atoms with Gasteiger partial charge in [-0.25, -0.2) is 0 Å². The summed E-state index contributed by atoms with van der Waals surface area (Å²) in [6.07, 6.45) is 7.23. The Morgan fingerprint density at radius 3 is 1.76 bits per heavy atom. The summed E-state index contributed by atoms with van der Waals surface area (Å²) in [5, 5.41) is 0. The molecule has 7 unspecified atom stereocenters. The summed E-state index contributed by atoms with van der Waals surface area (Å²) >= 11 is 0. The molecule has 1 aliphatic carbocycles. The fraction of sp³-hybridized carbons (Fsp3) is 1.00. The first-order chi connectivity index (χ1) is 11.9. The van der Waals surface area contributed by atoms with Crippen molar-refractivity contribution in [3.05, 3.63) is 0 Å². The van der Waals surface area contributed by atoms with Crippen LogP contribution in [0.5, 0.6) is 0 Å². The molecule has 0 amide bonds. The molecular formula is C19H32N2O4. The maximum atomic E-state index is 7.40. The molecule has 6 heteroatoms. The van der Waals surface area contributed by atoms with Gasteiger partial charge in [0.25, 0.3) is 0 Å². The fourth-order valence-corrected chi connectivity index (χ4v) is 5.75. The summed E-state index contributed by atoms with van der Waals surface area (Å²) in [4.78, 5) is 0. The van der Waals surface area contributed by atoms with E-state index in [4.69, 9.17) is 30.4 Å². The van der Waals surface area contributed by atoms with Crippen LogP contribution in [0, 0.1) is 11.3 Å². The van der Waals surface area contributed by atoms with Crippen LogP contribution in [0.15, 0.2) is 0 Å². The number of epoxide rings is 4. The summed E-state index contributed by atoms with van der Waals surface area (Å²) in [5.41, 5.74) is 13.6. The van der Waals surface area contributed by atoms with Crippen molar-refractivity contribution in [2.24, 2.45) is 22.8 Å². The van der Waals surface area contributed by atoms with Crippen molar-refractivity contribution in [3.63, 3.8) is 0 Å². The minimum absolute atomic E-state index is 0.175. The van der Waals surface area contributed by atoms with Gasteiger partial charge < -0.3 is 30.4 Å². The fourth-order valence-electron chi connectivity index (χ4n) is 5.75. The predicted molar refractivity (Wildman–Crippen MR) is 92.1 cm³/mol. The Bertz CT molecular complexity index is 512. The smallest absolute Gasteiger partial charge is 0.0827 e. The zero-order valence-corrected chi connectivity index (χ0v) is 15.2. The second-order valence-electron chi connectivity index (χ2n) is 9.44. The average Bonchev–Trinajstić information content (AvgIpc) is 3.40. The highest BCUT2D eigenvalue weighted by molar-refractivity contribution is 5.22. The molecule has 4 aliphatic heterocycles. The number of hydrogen-bond acceptors (Lipinski definition) is 6. The summed E-state index contributed by atoms with van der Waals surface area (Å²) in [5.74, 6) is 0.429. The van der Waals surface area contributed by atoms with E-state index in [9.17, 15) is 0 Å². The SMILES string of the molecule is CC1(N)CCC(CC2CO2)C(N)(CC2CO2)C1(CC1CO1)CC1CO1. The van der Waals surface area contributed by atoms with Crippen LogP contribution < -0.4 is 11.5 Å². The van der Waals surface area contributed by atoms with Gasteiger partial charge in [0.15, 0.2) is 0 Å². The molecule has 6 nitrogen and oxygen atoms in total. The van der Waals surface area contributed by atoms with Crippen molar-refractivity contribution in [1.82, 2.24) is 0 Å². The van der Waals surface area contributed by atoms with Gasteiger partial charge in [-0.2, -0.15) is 0 Å². The Balaban J connectivity index is 1.53. The Morgan fingerprint density at radius 1 is 0.800 bits per heavy atom. The molecule has 4 heterocycles. The monoisotopic (exact) mass is 352 g/mol. The number of nitrogens with two attached hydrogens (primary N) is 2. The van der Waals surface area contributed by atoms with Gasteiger partial charge in [-0.1, -0.05) is 0 Å². The van der Waals surface area contributed by atoms with Crippen molar-refractivity contribution in [1.29, 1.82) is 0 Å². The summed E-state index contributed by atoms with van der Waals surface area (Å²) in [6.45, 7) is 5.63. The quantitative estimate of drug-likeness (QED) is 0.631. The highest BCUT2D eigenvalue weighted by atomic mass is 16.6. The van der Waals surface area contributed by atoms with E-state index in [0.29, 0.717) is 30.3 Å². The molecule has 0 aromatic carbocycles. The van der Waals surface area contributed by atoms with Crippen LogP contribution in [0.2, 0.25) is 0 Å². The van der Waals surface area contributed by atoms with E-state index in [2.05, 4.69) is 6.92 Å². The molecule has 0 spiro atoms. The van der Waals surface area contributed by atoms with E-state index in [1.807, 2.05) is 0 Å². The summed E-state index contributed by atoms with van der Waals surface area (Å²) in [7, 11) is 0. The van der Waals surface area contributed by atoms with Crippen molar-refractivity contribution >= 4 is 0 Å². The van der Waals surface area contributed by atoms with E-state index < -0.39 is 0 Å². The van der Waals surface area contributed by atoms with Gasteiger partial charge in [0.2, 0.25) is 0 Å². The first-order valence-electron chi connectivity index (χ1n) is 9.96. The summed E-state index contributed by atoms with van der Waals surface area (Å²) in [6, 6.07) is 0. The largest absolute Gasteiger partial charge is 0.373 e. The van der Waals surface area contributed by atoms with E-state index in [1.54, 1.807) is 0 Å². The molecule has 4 N–H and O–H groups in total. The Kier molecular flexibility index (Phi) is 3.81. The van der Waals surface area contributed by atoms with Gasteiger partial charge >= 0.3 is 0 Å². The third kappa shape index (κ3) is 3.05. The highest BCUT2D eigenvalue weighted by Crippen LogP contribution is 2.61. The second-order valence-corrected chi connectivity index (χ2v) is 9.44. The molecule has 0 aromatic rings. The average molecular weight is 352 g/mol. The van der Waals surface area contributed by atoms with Crippen LogP contribution in [-0.4, -0.2) is 61.9 Å². The van der Waals surface area contributed by atoms with Crippen LogP contribution in [-0.2, 0) is 18.9 Å². The van der Waals surface area contributed by atoms with E-state index in [1.165, 1.54) is 0 Å². The first kappa shape index (κ1) is 16.9. The maximum Gasteiger partial charge on any atom is 0.0827 e. The Labute approximate surface area is 149 Å². The molecule has 0 radical (unpaired) electrons. The standard InChI is InChI=1S/C19H32N2O4/c1-17(20)3-2-12(4-13-8-22-13)19(21,7-16-11-25-16)18(17,5-14-9-23-14)6-15-10-24-15/h12-16H,2-11,20-21H2,1H3. The lowest BCUT2D eigenvalue weighted by atomic mass is 9.45. The second kappa shape index (κ2) is 5.63. The minimum Gasteiger partial charge on any atom is -0.373 e. The lowest BCUT2D eigenvalue weighted by molar-refractivity contribution is -0.0849. The third-order valence-electron chi connectivity index (χ3n) is 7.60. The Hall–Kier alpha value is -0.240. The lowest BCUT2D eigenvalue weighted by Crippen LogP contribution is -2.75. The zero-order valence-electron chi connectivity index (χ0n) is 15.2. The number of ether oxygens (including phenoxy) is 4. The van der Waals surface area contributed by atoms with E-state index in [-0.39, 0.29) is 16.5 Å². The maximum absolute atomic E-state index is 7.40. The van der Waals surface area contributed by atoms with Crippen LogP contribution in [0.1, 0.15) is 45.4 Å². The molecule has 142 valence electrons. The van der Waals surface area contributed by atoms with Gasteiger partial charge in [-0.3, -0.25) is 0 Å². The topological polar surface area (TPSA) is 102 Å². The molecule has 1 saturated carbocycles. The third-order valence-corrected chi connectivity index (χ3v) is 7.60. The molecule has 4 saturated heterocycles. The highest BCUT2D eigenvalue weighted by Gasteiger charge is 2.66. The molecule has 0 aromatic heterocycles. The van der Waals surface area contributed by atoms with E-state index in [0.717, 1.165) is 65.0 Å². The van der Waals surface area contributed by atoms with Gasteiger partial charge in [0, 0.05) is 16.5 Å².